The summed E-state index contributed by atoms with van der Waals surface area (Å²) in [5, 5.41) is 4.41. The molecule has 0 saturated carbocycles. The molecular formula is C11H15NO3S. The van der Waals surface area contributed by atoms with Gasteiger partial charge in [-0.25, -0.2) is 0 Å². The molecule has 1 heterocycles. The molecule has 0 aromatic carbocycles. The highest BCUT2D eigenvalue weighted by Gasteiger charge is 2.13. The predicted octanol–water partition coefficient (Wildman–Crippen LogP) is 1.60. The van der Waals surface area contributed by atoms with Crippen LogP contribution in [-0.2, 0) is 16.0 Å². The molecule has 5 heteroatoms. The Bertz CT molecular complexity index is 373. The molecule has 1 rings (SSSR count). The lowest BCUT2D eigenvalue weighted by atomic mass is 10.2. The van der Waals surface area contributed by atoms with Crippen molar-refractivity contribution < 1.29 is 14.3 Å². The first kappa shape index (κ1) is 12.7. The van der Waals surface area contributed by atoms with Crippen LogP contribution >= 0.6 is 11.3 Å². The maximum Gasteiger partial charge on any atom is 0.325 e. The largest absolute Gasteiger partial charge is 0.465 e. The van der Waals surface area contributed by atoms with E-state index in [0.29, 0.717) is 11.5 Å². The normalized spacial score (nSPS) is 9.88. The molecular weight excluding hydrogens is 226 g/mol. The second-order valence-electron chi connectivity index (χ2n) is 3.12. The van der Waals surface area contributed by atoms with E-state index in [0.717, 1.165) is 12.0 Å². The smallest absolute Gasteiger partial charge is 0.325 e. The van der Waals surface area contributed by atoms with Gasteiger partial charge in [0.2, 0.25) is 0 Å². The average molecular weight is 241 g/mol. The second-order valence-corrected chi connectivity index (χ2v) is 4.03. The second kappa shape index (κ2) is 6.27. The van der Waals surface area contributed by atoms with Crippen molar-refractivity contribution in [2.45, 2.75) is 20.3 Å². The number of hydrogen-bond acceptors (Lipinski definition) is 4. The number of amides is 1. The summed E-state index contributed by atoms with van der Waals surface area (Å²) in [5.41, 5.74) is 1.01. The fraction of sp³-hybridized carbons (Fsp3) is 0.455. The molecule has 0 saturated heterocycles. The van der Waals surface area contributed by atoms with Gasteiger partial charge in [-0.3, -0.25) is 9.59 Å². The number of carbonyl (C=O) groups is 2. The minimum atomic E-state index is -0.412. The van der Waals surface area contributed by atoms with Crippen LogP contribution in [0.25, 0.3) is 0 Å². The monoisotopic (exact) mass is 241 g/mol. The topological polar surface area (TPSA) is 55.4 Å². The summed E-state index contributed by atoms with van der Waals surface area (Å²) >= 11 is 1.38. The summed E-state index contributed by atoms with van der Waals surface area (Å²) in [4.78, 5) is 23.4. The van der Waals surface area contributed by atoms with E-state index in [4.69, 9.17) is 4.74 Å². The van der Waals surface area contributed by atoms with Gasteiger partial charge in [0, 0.05) is 0 Å². The summed E-state index contributed by atoms with van der Waals surface area (Å²) in [5.74, 6) is -0.620. The summed E-state index contributed by atoms with van der Waals surface area (Å²) in [6, 6.07) is 1.92. The van der Waals surface area contributed by atoms with Crippen LogP contribution in [0.3, 0.4) is 0 Å². The van der Waals surface area contributed by atoms with Crippen molar-refractivity contribution in [2.75, 3.05) is 13.2 Å². The quantitative estimate of drug-likeness (QED) is 0.797. The molecule has 0 fully saturated rings. The Kier molecular flexibility index (Phi) is 4.98. The minimum absolute atomic E-state index is 0.0757. The van der Waals surface area contributed by atoms with Gasteiger partial charge in [-0.15, -0.1) is 11.3 Å². The van der Waals surface area contributed by atoms with Gasteiger partial charge in [-0.05, 0) is 30.4 Å². The van der Waals surface area contributed by atoms with E-state index >= 15 is 0 Å². The van der Waals surface area contributed by atoms with Gasteiger partial charge < -0.3 is 10.1 Å². The van der Waals surface area contributed by atoms with Gasteiger partial charge in [0.05, 0.1) is 11.5 Å². The van der Waals surface area contributed by atoms with Crippen molar-refractivity contribution in [3.8, 4) is 0 Å². The molecule has 4 nitrogen and oxygen atoms in total. The molecule has 88 valence electrons. The number of hydrogen-bond donors (Lipinski definition) is 1. The van der Waals surface area contributed by atoms with Crippen LogP contribution < -0.4 is 5.32 Å². The first-order valence-corrected chi connectivity index (χ1v) is 6.07. The van der Waals surface area contributed by atoms with Crippen LogP contribution in [0.15, 0.2) is 11.4 Å². The van der Waals surface area contributed by atoms with E-state index in [9.17, 15) is 9.59 Å². The van der Waals surface area contributed by atoms with E-state index in [1.807, 2.05) is 18.4 Å². The number of nitrogens with one attached hydrogen (secondary N) is 1. The lowest BCUT2D eigenvalue weighted by Crippen LogP contribution is -2.30. The Labute approximate surface area is 98.6 Å². The van der Waals surface area contributed by atoms with E-state index in [1.165, 1.54) is 11.3 Å². The van der Waals surface area contributed by atoms with Gasteiger partial charge in [-0.1, -0.05) is 6.92 Å². The van der Waals surface area contributed by atoms with Gasteiger partial charge in [0.1, 0.15) is 6.54 Å². The van der Waals surface area contributed by atoms with Crippen LogP contribution in [0, 0.1) is 0 Å². The Morgan fingerprint density at radius 1 is 1.44 bits per heavy atom. The van der Waals surface area contributed by atoms with Crippen LogP contribution in [0.5, 0.6) is 0 Å². The Morgan fingerprint density at radius 3 is 2.81 bits per heavy atom. The van der Waals surface area contributed by atoms with Crippen molar-refractivity contribution in [2.24, 2.45) is 0 Å². The van der Waals surface area contributed by atoms with Crippen molar-refractivity contribution in [3.05, 3.63) is 21.9 Å². The highest BCUT2D eigenvalue weighted by molar-refractivity contribution is 7.12. The van der Waals surface area contributed by atoms with Crippen molar-refractivity contribution >= 4 is 23.2 Å². The van der Waals surface area contributed by atoms with Crippen molar-refractivity contribution in [3.63, 3.8) is 0 Å². The maximum absolute atomic E-state index is 11.7. The Morgan fingerprint density at radius 2 is 2.19 bits per heavy atom. The zero-order chi connectivity index (χ0) is 12.0. The fourth-order valence-electron chi connectivity index (χ4n) is 1.26. The van der Waals surface area contributed by atoms with Gasteiger partial charge in [0.25, 0.3) is 5.91 Å². The minimum Gasteiger partial charge on any atom is -0.465 e. The van der Waals surface area contributed by atoms with Crippen LogP contribution in [0.1, 0.15) is 29.1 Å². The summed E-state index contributed by atoms with van der Waals surface area (Å²) < 4.78 is 4.72. The molecule has 0 bridgehead atoms. The lowest BCUT2D eigenvalue weighted by molar-refractivity contribution is -0.141. The summed E-state index contributed by atoms with van der Waals surface area (Å²) in [6.45, 7) is 3.97. The molecule has 16 heavy (non-hydrogen) atoms. The van der Waals surface area contributed by atoms with E-state index in [1.54, 1.807) is 6.92 Å². The first-order chi connectivity index (χ1) is 7.69. The molecule has 1 aromatic rings. The maximum atomic E-state index is 11.7. The number of aryl methyl sites for hydroxylation is 1. The first-order valence-electron chi connectivity index (χ1n) is 5.19. The zero-order valence-electron chi connectivity index (χ0n) is 9.41. The summed E-state index contributed by atoms with van der Waals surface area (Å²) in [6.07, 6.45) is 0.811. The molecule has 0 radical (unpaired) electrons. The van der Waals surface area contributed by atoms with Crippen LogP contribution in [0.4, 0.5) is 0 Å². The molecule has 1 N–H and O–H groups in total. The number of thiophene rings is 1. The van der Waals surface area contributed by atoms with E-state index < -0.39 is 5.97 Å². The highest BCUT2D eigenvalue weighted by Crippen LogP contribution is 2.16. The van der Waals surface area contributed by atoms with Crippen molar-refractivity contribution in [1.29, 1.82) is 0 Å². The van der Waals surface area contributed by atoms with Gasteiger partial charge in [-0.2, -0.15) is 0 Å². The van der Waals surface area contributed by atoms with E-state index in [2.05, 4.69) is 5.32 Å². The SMILES string of the molecule is CCOC(=O)CNC(=O)c1sccc1CC. The number of rotatable bonds is 5. The standard InChI is InChI=1S/C11H15NO3S/c1-3-8-5-6-16-10(8)11(14)12-7-9(13)15-4-2/h5-6H,3-4,7H2,1-2H3,(H,12,14). The van der Waals surface area contributed by atoms with Gasteiger partial charge in [0.15, 0.2) is 0 Å². The molecule has 0 aliphatic heterocycles. The molecule has 0 aliphatic carbocycles. The third-order valence-electron chi connectivity index (χ3n) is 2.03. The average Bonchev–Trinajstić information content (AvgIpc) is 2.74. The van der Waals surface area contributed by atoms with Gasteiger partial charge >= 0.3 is 5.97 Å². The lowest BCUT2D eigenvalue weighted by Gasteiger charge is -2.04. The zero-order valence-corrected chi connectivity index (χ0v) is 10.2. The number of carbonyl (C=O) groups excluding carboxylic acids is 2. The number of esters is 1. The fourth-order valence-corrected chi connectivity index (χ4v) is 2.17. The van der Waals surface area contributed by atoms with Crippen molar-refractivity contribution in [1.82, 2.24) is 5.32 Å². The number of ether oxygens (including phenoxy) is 1. The molecule has 1 aromatic heterocycles. The Hall–Kier alpha value is -1.36. The summed E-state index contributed by atoms with van der Waals surface area (Å²) in [7, 11) is 0. The third-order valence-corrected chi connectivity index (χ3v) is 2.99. The van der Waals surface area contributed by atoms with E-state index in [-0.39, 0.29) is 12.5 Å². The third kappa shape index (κ3) is 3.34. The van der Waals surface area contributed by atoms with Crippen LogP contribution in [0.2, 0.25) is 0 Å². The molecule has 0 aliphatic rings. The molecule has 0 unspecified atom stereocenters. The molecule has 0 atom stereocenters. The Balaban J connectivity index is 2.50. The molecule has 1 amide bonds. The molecule has 0 spiro atoms. The predicted molar refractivity (Wildman–Crippen MR) is 62.7 cm³/mol. The highest BCUT2D eigenvalue weighted by atomic mass is 32.1. The van der Waals surface area contributed by atoms with Crippen LogP contribution in [-0.4, -0.2) is 25.0 Å².